The van der Waals surface area contributed by atoms with Crippen molar-refractivity contribution in [3.8, 4) is 0 Å². The molecule has 116 valence electrons. The fraction of sp³-hybridized carbons (Fsp3) is 0.857. The van der Waals surface area contributed by atoms with Gasteiger partial charge < -0.3 is 19.6 Å². The Labute approximate surface area is 120 Å². The van der Waals surface area contributed by atoms with E-state index in [2.05, 4.69) is 6.92 Å². The molecule has 2 amide bonds. The number of aliphatic carboxylic acids is 1. The Morgan fingerprint density at radius 3 is 2.60 bits per heavy atom. The van der Waals surface area contributed by atoms with Crippen molar-refractivity contribution in [1.82, 2.24) is 9.80 Å². The van der Waals surface area contributed by atoms with E-state index in [0.717, 1.165) is 12.8 Å². The molecule has 1 rings (SSSR count). The van der Waals surface area contributed by atoms with Crippen LogP contribution in [0, 0.1) is 5.92 Å². The van der Waals surface area contributed by atoms with E-state index in [1.807, 2.05) is 6.92 Å². The van der Waals surface area contributed by atoms with Crippen molar-refractivity contribution in [3.63, 3.8) is 0 Å². The van der Waals surface area contributed by atoms with E-state index >= 15 is 0 Å². The van der Waals surface area contributed by atoms with Crippen LogP contribution in [0.4, 0.5) is 4.79 Å². The third-order valence-corrected chi connectivity index (χ3v) is 4.04. The normalized spacial score (nSPS) is 22.6. The van der Waals surface area contributed by atoms with E-state index < -0.39 is 12.0 Å². The molecule has 1 N–H and O–H groups in total. The largest absolute Gasteiger partial charge is 0.480 e. The van der Waals surface area contributed by atoms with Crippen LogP contribution in [0.15, 0.2) is 0 Å². The Kier molecular flexibility index (Phi) is 6.78. The Morgan fingerprint density at radius 2 is 2.10 bits per heavy atom. The van der Waals surface area contributed by atoms with E-state index in [0.29, 0.717) is 38.6 Å². The number of likely N-dealkylation sites (tertiary alicyclic amines) is 1. The number of rotatable bonds is 6. The number of urea groups is 1. The lowest BCUT2D eigenvalue weighted by Crippen LogP contribution is -2.55. The van der Waals surface area contributed by atoms with Gasteiger partial charge in [0, 0.05) is 26.7 Å². The number of carbonyl (C=O) groups excluding carboxylic acids is 1. The molecule has 0 aliphatic carbocycles. The van der Waals surface area contributed by atoms with Gasteiger partial charge in [-0.2, -0.15) is 0 Å². The molecule has 0 bridgehead atoms. The summed E-state index contributed by atoms with van der Waals surface area (Å²) in [6.07, 6.45) is 2.40. The maximum absolute atomic E-state index is 12.5. The quantitative estimate of drug-likeness (QED) is 0.806. The van der Waals surface area contributed by atoms with Gasteiger partial charge in [-0.15, -0.1) is 0 Å². The van der Waals surface area contributed by atoms with Gasteiger partial charge in [-0.3, -0.25) is 0 Å². The summed E-state index contributed by atoms with van der Waals surface area (Å²) < 4.78 is 4.99. The summed E-state index contributed by atoms with van der Waals surface area (Å²) in [6.45, 7) is 5.99. The predicted octanol–water partition coefficient (Wildman–Crippen LogP) is 1.65. The summed E-state index contributed by atoms with van der Waals surface area (Å²) >= 11 is 0. The summed E-state index contributed by atoms with van der Waals surface area (Å²) in [6, 6.07) is -0.885. The first-order valence-corrected chi connectivity index (χ1v) is 7.32. The van der Waals surface area contributed by atoms with Gasteiger partial charge in [-0.05, 0) is 25.7 Å². The van der Waals surface area contributed by atoms with Crippen molar-refractivity contribution in [1.29, 1.82) is 0 Å². The number of hydrogen-bond acceptors (Lipinski definition) is 3. The lowest BCUT2D eigenvalue weighted by molar-refractivity contribution is -0.144. The van der Waals surface area contributed by atoms with Gasteiger partial charge in [0.25, 0.3) is 0 Å². The SMILES string of the molecule is CCC1CCN(C(=O)N(CC)CCOC)C(C(=O)O)C1. The van der Waals surface area contributed by atoms with Crippen LogP contribution in [-0.2, 0) is 9.53 Å². The fourth-order valence-corrected chi connectivity index (χ4v) is 2.64. The zero-order chi connectivity index (χ0) is 15.1. The molecule has 6 heteroatoms. The smallest absolute Gasteiger partial charge is 0.326 e. The second kappa shape index (κ2) is 8.09. The predicted molar refractivity (Wildman–Crippen MR) is 75.7 cm³/mol. The molecule has 1 heterocycles. The van der Waals surface area contributed by atoms with E-state index in [1.165, 1.54) is 4.90 Å². The van der Waals surface area contributed by atoms with Gasteiger partial charge in [-0.25, -0.2) is 9.59 Å². The van der Waals surface area contributed by atoms with Crippen molar-refractivity contribution >= 4 is 12.0 Å². The molecule has 0 aromatic carbocycles. The third-order valence-electron chi connectivity index (χ3n) is 4.04. The number of likely N-dealkylation sites (N-methyl/N-ethyl adjacent to an activating group) is 1. The second-order valence-corrected chi connectivity index (χ2v) is 5.20. The number of piperidine rings is 1. The molecule has 0 saturated carbocycles. The topological polar surface area (TPSA) is 70.1 Å². The summed E-state index contributed by atoms with van der Waals surface area (Å²) in [5.74, 6) is -0.506. The van der Waals surface area contributed by atoms with Gasteiger partial charge in [0.15, 0.2) is 0 Å². The molecule has 0 aromatic rings. The number of carbonyl (C=O) groups is 2. The number of nitrogens with zero attached hydrogens (tertiary/aromatic N) is 2. The number of methoxy groups -OCH3 is 1. The van der Waals surface area contributed by atoms with Gasteiger partial charge in [0.1, 0.15) is 6.04 Å². The Morgan fingerprint density at radius 1 is 1.40 bits per heavy atom. The molecule has 20 heavy (non-hydrogen) atoms. The zero-order valence-electron chi connectivity index (χ0n) is 12.7. The molecule has 1 fully saturated rings. The summed E-state index contributed by atoms with van der Waals surface area (Å²) in [5, 5.41) is 9.36. The molecule has 1 aliphatic rings. The summed E-state index contributed by atoms with van der Waals surface area (Å²) in [5.41, 5.74) is 0. The van der Waals surface area contributed by atoms with Gasteiger partial charge in [0.05, 0.1) is 6.61 Å². The number of ether oxygens (including phenoxy) is 1. The molecule has 0 aromatic heterocycles. The van der Waals surface area contributed by atoms with Crippen molar-refractivity contribution in [2.24, 2.45) is 5.92 Å². The average Bonchev–Trinajstić information content (AvgIpc) is 2.47. The lowest BCUT2D eigenvalue weighted by Gasteiger charge is -2.39. The Balaban J connectivity index is 2.75. The molecule has 1 saturated heterocycles. The fourth-order valence-electron chi connectivity index (χ4n) is 2.64. The first-order valence-electron chi connectivity index (χ1n) is 7.32. The summed E-state index contributed by atoms with van der Waals surface area (Å²) in [7, 11) is 1.59. The van der Waals surface area contributed by atoms with E-state index in [4.69, 9.17) is 4.74 Å². The number of carboxylic acid groups (broad SMARTS) is 1. The highest BCUT2D eigenvalue weighted by atomic mass is 16.5. The minimum absolute atomic E-state index is 0.188. The summed E-state index contributed by atoms with van der Waals surface area (Å²) in [4.78, 5) is 27.0. The number of carboxylic acids is 1. The molecule has 0 radical (unpaired) electrons. The van der Waals surface area contributed by atoms with E-state index in [9.17, 15) is 14.7 Å². The zero-order valence-corrected chi connectivity index (χ0v) is 12.7. The van der Waals surface area contributed by atoms with Crippen molar-refractivity contribution < 1.29 is 19.4 Å². The number of amides is 2. The highest BCUT2D eigenvalue weighted by molar-refractivity contribution is 5.83. The van der Waals surface area contributed by atoms with Crippen LogP contribution < -0.4 is 0 Å². The minimum Gasteiger partial charge on any atom is -0.480 e. The molecule has 2 unspecified atom stereocenters. The van der Waals surface area contributed by atoms with Crippen molar-refractivity contribution in [2.75, 3.05) is 33.4 Å². The highest BCUT2D eigenvalue weighted by Crippen LogP contribution is 2.26. The highest BCUT2D eigenvalue weighted by Gasteiger charge is 2.37. The van der Waals surface area contributed by atoms with Crippen LogP contribution in [-0.4, -0.2) is 66.3 Å². The van der Waals surface area contributed by atoms with Gasteiger partial charge in [0.2, 0.25) is 0 Å². The van der Waals surface area contributed by atoms with Gasteiger partial charge >= 0.3 is 12.0 Å². The van der Waals surface area contributed by atoms with Crippen molar-refractivity contribution in [3.05, 3.63) is 0 Å². The maximum atomic E-state index is 12.5. The van der Waals surface area contributed by atoms with E-state index in [-0.39, 0.29) is 6.03 Å². The third kappa shape index (κ3) is 4.10. The molecule has 0 spiro atoms. The Bertz CT molecular complexity index is 335. The maximum Gasteiger partial charge on any atom is 0.326 e. The molecule has 6 nitrogen and oxygen atoms in total. The first kappa shape index (κ1) is 16.8. The second-order valence-electron chi connectivity index (χ2n) is 5.20. The van der Waals surface area contributed by atoms with Crippen LogP contribution in [0.5, 0.6) is 0 Å². The van der Waals surface area contributed by atoms with Crippen molar-refractivity contribution in [2.45, 2.75) is 39.2 Å². The standard InChI is InChI=1S/C14H26N2O4/c1-4-11-6-7-16(12(10-11)13(17)18)14(19)15(5-2)8-9-20-3/h11-12H,4-10H2,1-3H3,(H,17,18). The first-order chi connectivity index (χ1) is 9.54. The molecular formula is C14H26N2O4. The number of hydrogen-bond donors (Lipinski definition) is 1. The van der Waals surface area contributed by atoms with E-state index in [1.54, 1.807) is 12.0 Å². The van der Waals surface area contributed by atoms with Crippen LogP contribution in [0.1, 0.15) is 33.1 Å². The van der Waals surface area contributed by atoms with Crippen LogP contribution >= 0.6 is 0 Å². The Hall–Kier alpha value is -1.30. The van der Waals surface area contributed by atoms with Crippen LogP contribution in [0.3, 0.4) is 0 Å². The molecular weight excluding hydrogens is 260 g/mol. The average molecular weight is 286 g/mol. The minimum atomic E-state index is -0.903. The van der Waals surface area contributed by atoms with Crippen LogP contribution in [0.25, 0.3) is 0 Å². The lowest BCUT2D eigenvalue weighted by atomic mass is 9.89. The van der Waals surface area contributed by atoms with Gasteiger partial charge in [-0.1, -0.05) is 13.3 Å². The molecule has 2 atom stereocenters. The monoisotopic (exact) mass is 286 g/mol. The molecule has 1 aliphatic heterocycles. The van der Waals surface area contributed by atoms with Crippen LogP contribution in [0.2, 0.25) is 0 Å².